The summed E-state index contributed by atoms with van der Waals surface area (Å²) in [6.45, 7) is 6.12. The molecule has 4 aromatic rings. The molecule has 1 heterocycles. The van der Waals surface area contributed by atoms with Crippen LogP contribution in [-0.2, 0) is 22.4 Å². The Labute approximate surface area is 240 Å². The number of carbonyl (C=O) groups is 3. The summed E-state index contributed by atoms with van der Waals surface area (Å²) in [6.07, 6.45) is 1.63. The third-order valence-corrected chi connectivity index (χ3v) is 9.64. The van der Waals surface area contributed by atoms with Crippen molar-refractivity contribution in [3.8, 4) is 0 Å². The van der Waals surface area contributed by atoms with E-state index in [1.165, 1.54) is 4.90 Å². The number of rotatable bonds is 5. The van der Waals surface area contributed by atoms with Gasteiger partial charge in [-0.05, 0) is 77.4 Å². The second kappa shape index (κ2) is 9.27. The number of amides is 3. The summed E-state index contributed by atoms with van der Waals surface area (Å²) < 4.78 is 0. The van der Waals surface area contributed by atoms with Gasteiger partial charge in [0.25, 0.3) is 5.91 Å². The number of carbonyl (C=O) groups excluding carboxylic acids is 3. The van der Waals surface area contributed by atoms with E-state index in [1.54, 1.807) is 24.3 Å². The lowest BCUT2D eigenvalue weighted by Gasteiger charge is -2.51. The zero-order valence-corrected chi connectivity index (χ0v) is 23.5. The number of imide groups is 1. The molecule has 4 aliphatic rings. The summed E-state index contributed by atoms with van der Waals surface area (Å²) in [5.74, 6) is -1.40. The predicted molar refractivity (Wildman–Crippen MR) is 160 cm³/mol. The highest BCUT2D eigenvalue weighted by Gasteiger charge is 2.68. The van der Waals surface area contributed by atoms with Gasteiger partial charge >= 0.3 is 0 Å². The molecule has 5 heteroatoms. The Hall–Kier alpha value is -4.51. The topological polar surface area (TPSA) is 66.5 Å². The van der Waals surface area contributed by atoms with Crippen LogP contribution in [0.4, 0.5) is 11.4 Å². The number of aryl methyl sites for hydroxylation is 2. The molecule has 0 spiro atoms. The van der Waals surface area contributed by atoms with E-state index in [4.69, 9.17) is 0 Å². The zero-order valence-electron chi connectivity index (χ0n) is 23.5. The van der Waals surface area contributed by atoms with Gasteiger partial charge in [-0.3, -0.25) is 14.4 Å². The first kappa shape index (κ1) is 25.5. The molecular weight excluding hydrogens is 508 g/mol. The summed E-state index contributed by atoms with van der Waals surface area (Å²) in [4.78, 5) is 43.1. The minimum Gasteiger partial charge on any atom is -0.321 e. The van der Waals surface area contributed by atoms with Crippen LogP contribution in [0.15, 0.2) is 91.0 Å². The third-order valence-electron chi connectivity index (χ3n) is 9.64. The Balaban J connectivity index is 1.23. The van der Waals surface area contributed by atoms with Crippen molar-refractivity contribution in [3.63, 3.8) is 0 Å². The highest BCUT2D eigenvalue weighted by atomic mass is 16.2. The molecule has 0 radical (unpaired) electrons. The lowest BCUT2D eigenvalue weighted by molar-refractivity contribution is -0.128. The normalized spacial score (nSPS) is 23.7. The molecule has 2 atom stereocenters. The van der Waals surface area contributed by atoms with Gasteiger partial charge in [-0.2, -0.15) is 0 Å². The van der Waals surface area contributed by atoms with Crippen LogP contribution in [0.2, 0.25) is 0 Å². The molecule has 1 saturated heterocycles. The van der Waals surface area contributed by atoms with Crippen LogP contribution in [0, 0.1) is 11.3 Å². The summed E-state index contributed by atoms with van der Waals surface area (Å²) in [7, 11) is 0. The van der Waals surface area contributed by atoms with Crippen molar-refractivity contribution in [2.24, 2.45) is 11.3 Å². The maximum Gasteiger partial charge on any atom is 0.255 e. The van der Waals surface area contributed by atoms with Gasteiger partial charge in [0, 0.05) is 23.1 Å². The van der Waals surface area contributed by atoms with Crippen LogP contribution in [-0.4, -0.2) is 17.7 Å². The molecule has 3 amide bonds. The molecule has 4 aromatic carbocycles. The zero-order chi connectivity index (χ0) is 28.5. The molecular formula is C36H32N2O3. The molecule has 1 fully saturated rings. The molecule has 1 N–H and O–H groups in total. The third kappa shape index (κ3) is 3.45. The predicted octanol–water partition coefficient (Wildman–Crippen LogP) is 6.85. The average Bonchev–Trinajstić information content (AvgIpc) is 3.22. The van der Waals surface area contributed by atoms with Crippen molar-refractivity contribution in [3.05, 3.63) is 130 Å². The smallest absolute Gasteiger partial charge is 0.255 e. The highest BCUT2D eigenvalue weighted by Crippen LogP contribution is 2.67. The summed E-state index contributed by atoms with van der Waals surface area (Å²) in [5, 5.41) is 3.10. The fraction of sp³-hybridized carbons (Fsp3) is 0.250. The molecule has 0 unspecified atom stereocenters. The monoisotopic (exact) mass is 540 g/mol. The number of hydrogen-bond acceptors (Lipinski definition) is 3. The second-order valence-corrected chi connectivity index (χ2v) is 11.6. The first-order chi connectivity index (χ1) is 19.9. The quantitative estimate of drug-likeness (QED) is 0.282. The van der Waals surface area contributed by atoms with Crippen LogP contribution >= 0.6 is 0 Å². The lowest BCUT2D eigenvalue weighted by Crippen LogP contribution is -2.49. The highest BCUT2D eigenvalue weighted by molar-refractivity contribution is 6.25. The number of hydrogen-bond donors (Lipinski definition) is 1. The number of nitrogens with one attached hydrogen (secondary N) is 1. The Bertz CT molecular complexity index is 1670. The van der Waals surface area contributed by atoms with Crippen molar-refractivity contribution in [2.75, 3.05) is 10.2 Å². The fourth-order valence-electron chi connectivity index (χ4n) is 7.71. The molecule has 5 nitrogen and oxygen atoms in total. The minimum atomic E-state index is -0.888. The van der Waals surface area contributed by atoms with Crippen molar-refractivity contribution in [1.82, 2.24) is 0 Å². The number of nitrogens with zero attached hydrogens (tertiary/aromatic N) is 1. The van der Waals surface area contributed by atoms with E-state index < -0.39 is 11.3 Å². The summed E-state index contributed by atoms with van der Waals surface area (Å²) in [6, 6.07) is 29.5. The standard InChI is InChI=1S/C36H32N2O3/c1-4-21-11-10-12-22(5-2)32(21)37-33(39)23-17-19-24(20-18-23)38-34(40)31-29-25-13-6-8-15-27(25)30(36(31,3)35(38)41)28-16-9-7-14-26(28)29/h6-20,29-31H,4-5H2,1-3H3,(H,37,39)/t29?,30?,31-,36+/m1/s1. The van der Waals surface area contributed by atoms with Crippen LogP contribution in [0.3, 0.4) is 0 Å². The van der Waals surface area contributed by atoms with Crippen LogP contribution in [0.5, 0.6) is 0 Å². The Morgan fingerprint density at radius 3 is 1.83 bits per heavy atom. The Morgan fingerprint density at radius 2 is 1.29 bits per heavy atom. The van der Waals surface area contributed by atoms with Crippen LogP contribution in [0.1, 0.15) is 76.3 Å². The van der Waals surface area contributed by atoms with Crippen LogP contribution in [0.25, 0.3) is 0 Å². The summed E-state index contributed by atoms with van der Waals surface area (Å²) in [5.41, 5.74) is 7.72. The Morgan fingerprint density at radius 1 is 0.756 bits per heavy atom. The second-order valence-electron chi connectivity index (χ2n) is 11.6. The van der Waals surface area contributed by atoms with Gasteiger partial charge < -0.3 is 5.32 Å². The molecule has 2 bridgehead atoms. The number of anilines is 2. The van der Waals surface area contributed by atoms with E-state index in [2.05, 4.69) is 43.4 Å². The van der Waals surface area contributed by atoms with Gasteiger partial charge in [-0.25, -0.2) is 4.90 Å². The number of para-hydroxylation sites is 1. The Kier molecular flexibility index (Phi) is 5.75. The number of benzene rings is 4. The van der Waals surface area contributed by atoms with Crippen molar-refractivity contribution >= 4 is 29.1 Å². The van der Waals surface area contributed by atoms with Crippen LogP contribution < -0.4 is 10.2 Å². The van der Waals surface area contributed by atoms with E-state index >= 15 is 0 Å². The van der Waals surface area contributed by atoms with Crippen molar-refractivity contribution in [1.29, 1.82) is 0 Å². The molecule has 8 rings (SSSR count). The molecule has 0 saturated carbocycles. The van der Waals surface area contributed by atoms with E-state index in [-0.39, 0.29) is 29.6 Å². The lowest BCUT2D eigenvalue weighted by atomic mass is 9.48. The van der Waals surface area contributed by atoms with Gasteiger partial charge in [0.2, 0.25) is 11.8 Å². The minimum absolute atomic E-state index is 0.168. The average molecular weight is 541 g/mol. The molecule has 0 aromatic heterocycles. The van der Waals surface area contributed by atoms with E-state index in [0.717, 1.165) is 51.9 Å². The SMILES string of the molecule is CCc1cccc(CC)c1NC(=O)c1ccc(N2C(=O)[C@H]3C4c5ccccc5C(c5ccccc54)[C@]3(C)C2=O)cc1. The molecule has 1 aliphatic heterocycles. The summed E-state index contributed by atoms with van der Waals surface area (Å²) >= 11 is 0. The van der Waals surface area contributed by atoms with Gasteiger partial charge in [-0.1, -0.05) is 80.6 Å². The van der Waals surface area contributed by atoms with E-state index in [9.17, 15) is 14.4 Å². The van der Waals surface area contributed by atoms with Gasteiger partial charge in [0.05, 0.1) is 17.0 Å². The molecule has 3 aliphatic carbocycles. The molecule has 204 valence electrons. The first-order valence-corrected chi connectivity index (χ1v) is 14.5. The fourth-order valence-corrected chi connectivity index (χ4v) is 7.71. The largest absolute Gasteiger partial charge is 0.321 e. The van der Waals surface area contributed by atoms with E-state index in [0.29, 0.717) is 11.3 Å². The van der Waals surface area contributed by atoms with Gasteiger partial charge in [-0.15, -0.1) is 0 Å². The first-order valence-electron chi connectivity index (χ1n) is 14.5. The maximum absolute atomic E-state index is 14.3. The van der Waals surface area contributed by atoms with Crippen molar-refractivity contribution < 1.29 is 14.4 Å². The van der Waals surface area contributed by atoms with Gasteiger partial charge in [0.15, 0.2) is 0 Å². The van der Waals surface area contributed by atoms with Crippen molar-refractivity contribution in [2.45, 2.75) is 45.4 Å². The van der Waals surface area contributed by atoms with Gasteiger partial charge in [0.1, 0.15) is 0 Å². The maximum atomic E-state index is 14.3. The van der Waals surface area contributed by atoms with E-state index in [1.807, 2.05) is 49.4 Å². The molecule has 41 heavy (non-hydrogen) atoms.